The number of carbonyl (C=O) groups is 3. The number of piperidine rings is 1. The van der Waals surface area contributed by atoms with E-state index in [0.717, 1.165) is 29.0 Å². The second-order valence-corrected chi connectivity index (χ2v) is 13.3. The van der Waals surface area contributed by atoms with E-state index in [1.165, 1.54) is 6.92 Å². The molecule has 2 aliphatic heterocycles. The molecule has 6 rings (SSSR count). The smallest absolute Gasteiger partial charge is 0.481 e. The molecule has 10 heteroatoms. The zero-order chi connectivity index (χ0) is 31.6. The van der Waals surface area contributed by atoms with Gasteiger partial charge >= 0.3 is 18.1 Å². The van der Waals surface area contributed by atoms with Crippen molar-refractivity contribution in [1.82, 2.24) is 4.90 Å². The lowest BCUT2D eigenvalue weighted by Crippen LogP contribution is -2.74. The van der Waals surface area contributed by atoms with E-state index in [0.29, 0.717) is 18.4 Å². The normalized spacial score (nSPS) is 28.0. The summed E-state index contributed by atoms with van der Waals surface area (Å²) < 4.78 is 28.5. The molecule has 2 aliphatic carbocycles. The van der Waals surface area contributed by atoms with Crippen LogP contribution >= 0.6 is 0 Å². The van der Waals surface area contributed by atoms with Gasteiger partial charge in [-0.15, -0.1) is 0 Å². The quantitative estimate of drug-likeness (QED) is 0.374. The van der Waals surface area contributed by atoms with Crippen molar-refractivity contribution in [3.8, 4) is 5.75 Å². The fourth-order valence-corrected chi connectivity index (χ4v) is 7.31. The minimum absolute atomic E-state index is 0.124. The summed E-state index contributed by atoms with van der Waals surface area (Å²) in [4.78, 5) is 41.3. The number of hydrogen-bond donors (Lipinski definition) is 1. The number of aliphatic hydroxyl groups is 1. The Labute approximate surface area is 256 Å². The van der Waals surface area contributed by atoms with Crippen LogP contribution in [0.25, 0.3) is 0 Å². The Morgan fingerprint density at radius 2 is 1.80 bits per heavy atom. The first-order valence-electron chi connectivity index (χ1n) is 15.0. The van der Waals surface area contributed by atoms with Crippen LogP contribution in [0.3, 0.4) is 0 Å². The van der Waals surface area contributed by atoms with Gasteiger partial charge in [0.2, 0.25) is 6.10 Å². The third-order valence-electron chi connectivity index (χ3n) is 9.33. The van der Waals surface area contributed by atoms with Crippen LogP contribution in [-0.2, 0) is 40.4 Å². The van der Waals surface area contributed by atoms with Crippen molar-refractivity contribution < 1.29 is 43.2 Å². The van der Waals surface area contributed by atoms with Crippen LogP contribution in [0.5, 0.6) is 5.75 Å². The predicted molar refractivity (Wildman–Crippen MR) is 158 cm³/mol. The minimum atomic E-state index is -1.45. The number of carbonyl (C=O) groups excluding carboxylic acids is 3. The number of benzene rings is 2. The van der Waals surface area contributed by atoms with Crippen molar-refractivity contribution in [1.29, 1.82) is 0 Å². The Bertz CT molecular complexity index is 1530. The fourth-order valence-electron chi connectivity index (χ4n) is 7.31. The summed E-state index contributed by atoms with van der Waals surface area (Å²) in [6.07, 6.45) is -1.24. The molecule has 1 spiro atoms. The van der Waals surface area contributed by atoms with Gasteiger partial charge in [-0.2, -0.15) is 0 Å². The number of nitrogens with zero attached hydrogens (tertiary/aromatic N) is 1. The molecule has 4 aliphatic rings. The molecule has 234 valence electrons. The summed E-state index contributed by atoms with van der Waals surface area (Å²) in [5, 5.41) is 12.4. The van der Waals surface area contributed by atoms with E-state index in [1.807, 2.05) is 20.0 Å². The zero-order valence-electron chi connectivity index (χ0n) is 25.9. The second-order valence-electron chi connectivity index (χ2n) is 13.3. The van der Waals surface area contributed by atoms with Gasteiger partial charge < -0.3 is 33.7 Å². The monoisotopic (exact) mass is 605 g/mol. The van der Waals surface area contributed by atoms with E-state index in [1.54, 1.807) is 57.2 Å². The van der Waals surface area contributed by atoms with E-state index in [2.05, 4.69) is 11.0 Å². The summed E-state index contributed by atoms with van der Waals surface area (Å²) in [6, 6.07) is 12.5. The van der Waals surface area contributed by atoms with E-state index >= 15 is 0 Å². The van der Waals surface area contributed by atoms with E-state index in [9.17, 15) is 19.5 Å². The molecule has 1 fully saturated rings. The van der Waals surface area contributed by atoms with Crippen molar-refractivity contribution in [2.75, 3.05) is 13.6 Å². The number of ether oxygens (including phenoxy) is 5. The molecule has 2 bridgehead atoms. The van der Waals surface area contributed by atoms with Crippen molar-refractivity contribution in [2.45, 2.75) is 94.9 Å². The van der Waals surface area contributed by atoms with Gasteiger partial charge in [-0.3, -0.25) is 0 Å². The standard InChI is InChI=1S/C34H39NO9/c1-19-12-13-22-18-24-34(39)15-14-23(28-33(34,16-17-35(24)6)25(22)26(19)42-28)41-30(37)27(21-10-8-7-9-11-21)43-29(36)20(2)40-31(38)44-32(3,4)5/h7-14,20,24,27-28,39H,15-18H2,1-6H3/t20-,24+,27-,28-,33-,34+/m0/s1. The Balaban J connectivity index is 1.28. The first-order chi connectivity index (χ1) is 20.7. The number of likely N-dealkylation sites (tertiary alicyclic amines) is 1. The third-order valence-corrected chi connectivity index (χ3v) is 9.33. The maximum Gasteiger partial charge on any atom is 0.509 e. The summed E-state index contributed by atoms with van der Waals surface area (Å²) in [5.74, 6) is -0.764. The lowest BCUT2D eigenvalue weighted by molar-refractivity contribution is -0.179. The molecule has 2 heterocycles. The van der Waals surface area contributed by atoms with Gasteiger partial charge in [-0.1, -0.05) is 42.5 Å². The highest BCUT2D eigenvalue weighted by atomic mass is 16.7. The predicted octanol–water partition coefficient (Wildman–Crippen LogP) is 4.44. The van der Waals surface area contributed by atoms with Crippen LogP contribution in [0, 0.1) is 6.92 Å². The molecule has 2 aromatic rings. The highest BCUT2D eigenvalue weighted by Crippen LogP contribution is 2.64. The van der Waals surface area contributed by atoms with Crippen LogP contribution in [0.15, 0.2) is 54.3 Å². The Kier molecular flexibility index (Phi) is 7.28. The number of likely N-dealkylation sites (N-methyl/N-ethyl adjacent to an activating group) is 1. The van der Waals surface area contributed by atoms with Crippen molar-refractivity contribution in [2.24, 2.45) is 0 Å². The molecule has 1 saturated heterocycles. The number of esters is 2. The zero-order valence-corrected chi connectivity index (χ0v) is 25.9. The summed E-state index contributed by atoms with van der Waals surface area (Å²) in [6.45, 7) is 9.09. The molecular formula is C34H39NO9. The molecule has 0 unspecified atom stereocenters. The molecule has 44 heavy (non-hydrogen) atoms. The lowest BCUT2D eigenvalue weighted by atomic mass is 9.50. The summed E-state index contributed by atoms with van der Waals surface area (Å²) in [5.41, 5.74) is 0.751. The molecule has 1 N–H and O–H groups in total. The van der Waals surface area contributed by atoms with Gasteiger partial charge in [0, 0.05) is 23.6 Å². The van der Waals surface area contributed by atoms with Gasteiger partial charge in [0.1, 0.15) is 17.1 Å². The van der Waals surface area contributed by atoms with Crippen LogP contribution in [-0.4, -0.2) is 71.1 Å². The van der Waals surface area contributed by atoms with E-state index < -0.39 is 53.0 Å². The molecule has 0 aromatic heterocycles. The lowest BCUT2D eigenvalue weighted by Gasteiger charge is -2.61. The molecule has 0 amide bonds. The van der Waals surface area contributed by atoms with Gasteiger partial charge in [0.15, 0.2) is 12.2 Å². The fraction of sp³-hybridized carbons (Fsp3) is 0.500. The highest BCUT2D eigenvalue weighted by Gasteiger charge is 2.71. The van der Waals surface area contributed by atoms with Crippen LogP contribution in [0.2, 0.25) is 0 Å². The Hall–Kier alpha value is -3.89. The number of rotatable bonds is 6. The molecule has 2 aromatic carbocycles. The largest absolute Gasteiger partial charge is 0.509 e. The third kappa shape index (κ3) is 4.75. The molecule has 6 atom stereocenters. The van der Waals surface area contributed by atoms with Gasteiger partial charge in [0.05, 0.1) is 11.0 Å². The van der Waals surface area contributed by atoms with Crippen molar-refractivity contribution in [3.05, 3.63) is 76.6 Å². The average molecular weight is 606 g/mol. The summed E-state index contributed by atoms with van der Waals surface area (Å²) >= 11 is 0. The van der Waals surface area contributed by atoms with E-state index in [4.69, 9.17) is 23.7 Å². The SMILES string of the molecule is Cc1ccc2c3c1O[C@H]1C(OC(=O)[C@@H](OC(=O)[C@H](C)OC(=O)OC(C)(C)C)c4ccccc4)=CC[C@@]4(O)[C@@H](C2)N(C)CC[C@]314. The first kappa shape index (κ1) is 30.1. The van der Waals surface area contributed by atoms with Crippen molar-refractivity contribution in [3.63, 3.8) is 0 Å². The Morgan fingerprint density at radius 3 is 2.50 bits per heavy atom. The first-order valence-corrected chi connectivity index (χ1v) is 15.0. The topological polar surface area (TPSA) is 121 Å². The van der Waals surface area contributed by atoms with Crippen LogP contribution in [0.4, 0.5) is 4.79 Å². The average Bonchev–Trinajstić information content (AvgIpc) is 3.32. The molecule has 10 nitrogen and oxygen atoms in total. The van der Waals surface area contributed by atoms with Gasteiger partial charge in [-0.05, 0) is 78.3 Å². The maximum atomic E-state index is 13.9. The molecule has 0 saturated carbocycles. The maximum absolute atomic E-state index is 13.9. The number of aryl methyl sites for hydroxylation is 1. The second kappa shape index (κ2) is 10.6. The molecule has 0 radical (unpaired) electrons. The van der Waals surface area contributed by atoms with Crippen molar-refractivity contribution >= 4 is 18.1 Å². The highest BCUT2D eigenvalue weighted by molar-refractivity contribution is 5.84. The number of hydrogen-bond acceptors (Lipinski definition) is 10. The van der Waals surface area contributed by atoms with Gasteiger partial charge in [-0.25, -0.2) is 14.4 Å². The van der Waals surface area contributed by atoms with Gasteiger partial charge in [0.25, 0.3) is 0 Å². The molecular weight excluding hydrogens is 566 g/mol. The van der Waals surface area contributed by atoms with E-state index in [-0.39, 0.29) is 18.2 Å². The van der Waals surface area contributed by atoms with Crippen LogP contribution in [0.1, 0.15) is 68.9 Å². The Morgan fingerprint density at radius 1 is 1.07 bits per heavy atom. The summed E-state index contributed by atoms with van der Waals surface area (Å²) in [7, 11) is 2.03. The minimum Gasteiger partial charge on any atom is -0.481 e. The van der Waals surface area contributed by atoms with Crippen LogP contribution < -0.4 is 4.74 Å².